The molecule has 0 bridgehead atoms. The highest BCUT2D eigenvalue weighted by atomic mass is 32.1. The molecular formula is C21H23N3O4S. The van der Waals surface area contributed by atoms with Crippen molar-refractivity contribution in [1.82, 2.24) is 14.9 Å². The van der Waals surface area contributed by atoms with E-state index in [1.54, 1.807) is 32.7 Å². The van der Waals surface area contributed by atoms with Crippen LogP contribution in [0.4, 0.5) is 0 Å². The first-order chi connectivity index (χ1) is 14.1. The first kappa shape index (κ1) is 19.5. The third kappa shape index (κ3) is 3.86. The summed E-state index contributed by atoms with van der Waals surface area (Å²) in [4.78, 5) is 23.5. The average molecular weight is 413 g/mol. The van der Waals surface area contributed by atoms with E-state index >= 15 is 0 Å². The number of ether oxygens (including phenoxy) is 3. The number of benzene rings is 1. The van der Waals surface area contributed by atoms with Crippen molar-refractivity contribution in [2.24, 2.45) is 0 Å². The van der Waals surface area contributed by atoms with Crippen LogP contribution in [0.2, 0.25) is 0 Å². The number of aromatic amines is 1. The summed E-state index contributed by atoms with van der Waals surface area (Å²) in [6.45, 7) is 1.92. The van der Waals surface area contributed by atoms with E-state index in [-0.39, 0.29) is 5.56 Å². The summed E-state index contributed by atoms with van der Waals surface area (Å²) in [5.41, 5.74) is 2.46. The molecule has 0 unspecified atom stereocenters. The Balaban J connectivity index is 1.61. The van der Waals surface area contributed by atoms with Crippen LogP contribution in [0.25, 0.3) is 10.7 Å². The van der Waals surface area contributed by atoms with Gasteiger partial charge < -0.3 is 19.2 Å². The van der Waals surface area contributed by atoms with Gasteiger partial charge in [-0.3, -0.25) is 9.69 Å². The maximum atomic E-state index is 12.7. The molecule has 0 saturated carbocycles. The molecule has 29 heavy (non-hydrogen) atoms. The van der Waals surface area contributed by atoms with Crippen molar-refractivity contribution in [2.45, 2.75) is 19.5 Å². The van der Waals surface area contributed by atoms with Crippen LogP contribution >= 0.6 is 11.3 Å². The third-order valence-corrected chi connectivity index (χ3v) is 5.98. The molecule has 3 aromatic rings. The summed E-state index contributed by atoms with van der Waals surface area (Å²) in [6, 6.07) is 7.61. The number of thiophene rings is 1. The first-order valence-corrected chi connectivity index (χ1v) is 10.2. The molecule has 1 aliphatic rings. The summed E-state index contributed by atoms with van der Waals surface area (Å²) in [5.74, 6) is 2.73. The highest BCUT2D eigenvalue weighted by Crippen LogP contribution is 2.35. The largest absolute Gasteiger partial charge is 0.496 e. The van der Waals surface area contributed by atoms with Gasteiger partial charge in [0.25, 0.3) is 5.56 Å². The molecule has 0 radical (unpaired) electrons. The smallest absolute Gasteiger partial charge is 0.255 e. The van der Waals surface area contributed by atoms with Gasteiger partial charge in [-0.25, -0.2) is 4.98 Å². The molecule has 1 aromatic carbocycles. The molecular weight excluding hydrogens is 390 g/mol. The molecule has 0 atom stereocenters. The van der Waals surface area contributed by atoms with Crippen LogP contribution in [0.5, 0.6) is 17.2 Å². The normalized spacial score (nSPS) is 13.8. The van der Waals surface area contributed by atoms with E-state index in [2.05, 4.69) is 9.88 Å². The third-order valence-electron chi connectivity index (χ3n) is 5.10. The quantitative estimate of drug-likeness (QED) is 0.669. The predicted octanol–water partition coefficient (Wildman–Crippen LogP) is 3.08. The number of hydrogen-bond acceptors (Lipinski definition) is 7. The van der Waals surface area contributed by atoms with E-state index < -0.39 is 0 Å². The molecule has 7 nitrogen and oxygen atoms in total. The van der Waals surface area contributed by atoms with Gasteiger partial charge in [-0.1, -0.05) is 6.07 Å². The van der Waals surface area contributed by atoms with Crippen LogP contribution in [-0.2, 0) is 19.5 Å². The van der Waals surface area contributed by atoms with Crippen molar-refractivity contribution < 1.29 is 14.2 Å². The number of hydrogen-bond donors (Lipinski definition) is 1. The van der Waals surface area contributed by atoms with Crippen LogP contribution in [0.15, 0.2) is 34.4 Å². The number of rotatable bonds is 6. The maximum Gasteiger partial charge on any atom is 0.255 e. The lowest BCUT2D eigenvalue weighted by atomic mass is 10.0. The SMILES string of the molecule is COc1cc(OC)c(CN2CCc3nc(-c4cccs4)[nH]c(=O)c3C2)c(OC)c1. The Kier molecular flexibility index (Phi) is 5.55. The minimum Gasteiger partial charge on any atom is -0.496 e. The zero-order valence-electron chi connectivity index (χ0n) is 16.7. The van der Waals surface area contributed by atoms with Crippen molar-refractivity contribution in [3.8, 4) is 28.0 Å². The standard InChI is InChI=1S/C21H23N3O4S/c1-26-13-9-17(27-2)15(18(10-13)28-3)12-24-7-6-16-14(11-24)21(25)23-20(22-16)19-5-4-8-29-19/h4-5,8-10H,6-7,11-12H2,1-3H3,(H,22,23,25). The maximum absolute atomic E-state index is 12.7. The molecule has 0 spiro atoms. The Hall–Kier alpha value is -2.84. The van der Waals surface area contributed by atoms with Crippen molar-refractivity contribution in [1.29, 1.82) is 0 Å². The second-order valence-electron chi connectivity index (χ2n) is 6.79. The van der Waals surface area contributed by atoms with E-state index in [1.807, 2.05) is 29.6 Å². The molecule has 0 fully saturated rings. The molecule has 8 heteroatoms. The van der Waals surface area contributed by atoms with Gasteiger partial charge in [-0.2, -0.15) is 0 Å². The lowest BCUT2D eigenvalue weighted by Crippen LogP contribution is -2.35. The monoisotopic (exact) mass is 413 g/mol. The van der Waals surface area contributed by atoms with Crippen LogP contribution < -0.4 is 19.8 Å². The van der Waals surface area contributed by atoms with Gasteiger partial charge >= 0.3 is 0 Å². The predicted molar refractivity (Wildman–Crippen MR) is 112 cm³/mol. The molecule has 2 aromatic heterocycles. The topological polar surface area (TPSA) is 76.7 Å². The summed E-state index contributed by atoms with van der Waals surface area (Å²) < 4.78 is 16.4. The fraction of sp³-hybridized carbons (Fsp3) is 0.333. The number of nitrogens with one attached hydrogen (secondary N) is 1. The van der Waals surface area contributed by atoms with Gasteiger partial charge in [0.15, 0.2) is 5.82 Å². The highest BCUT2D eigenvalue weighted by Gasteiger charge is 2.24. The summed E-state index contributed by atoms with van der Waals surface area (Å²) in [5, 5.41) is 1.98. The second-order valence-corrected chi connectivity index (χ2v) is 7.74. The van der Waals surface area contributed by atoms with E-state index in [9.17, 15) is 4.79 Å². The number of nitrogens with zero attached hydrogens (tertiary/aromatic N) is 2. The van der Waals surface area contributed by atoms with Gasteiger partial charge in [0.2, 0.25) is 0 Å². The Morgan fingerprint density at radius 1 is 1.17 bits per heavy atom. The number of H-pyrrole nitrogens is 1. The zero-order chi connectivity index (χ0) is 20.4. The van der Waals surface area contributed by atoms with Crippen LogP contribution in [0.3, 0.4) is 0 Å². The van der Waals surface area contributed by atoms with Crippen molar-refractivity contribution in [2.75, 3.05) is 27.9 Å². The summed E-state index contributed by atoms with van der Waals surface area (Å²) in [6.07, 6.45) is 0.721. The summed E-state index contributed by atoms with van der Waals surface area (Å²) >= 11 is 1.57. The fourth-order valence-electron chi connectivity index (χ4n) is 3.60. The Morgan fingerprint density at radius 3 is 2.55 bits per heavy atom. The first-order valence-electron chi connectivity index (χ1n) is 9.30. The minimum absolute atomic E-state index is 0.0724. The van der Waals surface area contributed by atoms with Crippen LogP contribution in [0, 0.1) is 0 Å². The van der Waals surface area contributed by atoms with Crippen molar-refractivity contribution in [3.63, 3.8) is 0 Å². The Morgan fingerprint density at radius 2 is 1.93 bits per heavy atom. The van der Waals surface area contributed by atoms with Gasteiger partial charge in [0.1, 0.15) is 17.2 Å². The molecule has 152 valence electrons. The molecule has 0 amide bonds. The Bertz CT molecular complexity index is 1040. The van der Waals surface area contributed by atoms with Gasteiger partial charge in [-0.15, -0.1) is 11.3 Å². The minimum atomic E-state index is -0.0724. The molecule has 0 aliphatic carbocycles. The average Bonchev–Trinajstić information content (AvgIpc) is 3.29. The van der Waals surface area contributed by atoms with Crippen molar-refractivity contribution in [3.05, 3.63) is 56.8 Å². The van der Waals surface area contributed by atoms with E-state index in [0.717, 1.165) is 34.7 Å². The Labute approximate surface area is 172 Å². The van der Waals surface area contributed by atoms with Gasteiger partial charge in [0, 0.05) is 38.2 Å². The van der Waals surface area contributed by atoms with Crippen LogP contribution in [0.1, 0.15) is 16.8 Å². The summed E-state index contributed by atoms with van der Waals surface area (Å²) in [7, 11) is 4.87. The molecule has 3 heterocycles. The lowest BCUT2D eigenvalue weighted by Gasteiger charge is -2.29. The lowest BCUT2D eigenvalue weighted by molar-refractivity contribution is 0.233. The molecule has 0 saturated heterocycles. The van der Waals surface area contributed by atoms with Gasteiger partial charge in [0.05, 0.1) is 43.0 Å². The second kappa shape index (κ2) is 8.26. The number of aromatic nitrogens is 2. The van der Waals surface area contributed by atoms with Crippen molar-refractivity contribution >= 4 is 11.3 Å². The number of fused-ring (bicyclic) bond motifs is 1. The molecule has 1 aliphatic heterocycles. The van der Waals surface area contributed by atoms with E-state index in [4.69, 9.17) is 19.2 Å². The highest BCUT2D eigenvalue weighted by molar-refractivity contribution is 7.13. The number of methoxy groups -OCH3 is 3. The van der Waals surface area contributed by atoms with E-state index in [1.165, 1.54) is 0 Å². The van der Waals surface area contributed by atoms with Gasteiger partial charge in [-0.05, 0) is 11.4 Å². The zero-order valence-corrected chi connectivity index (χ0v) is 17.5. The van der Waals surface area contributed by atoms with E-state index in [0.29, 0.717) is 36.2 Å². The fourth-order valence-corrected chi connectivity index (χ4v) is 4.27. The molecule has 4 rings (SSSR count). The van der Waals surface area contributed by atoms with Crippen LogP contribution in [-0.4, -0.2) is 42.7 Å². The molecule has 1 N–H and O–H groups in total.